The average molecular weight is 179 g/mol. The Labute approximate surface area is 62.9 Å². The van der Waals surface area contributed by atoms with Crippen LogP contribution < -0.4 is 0 Å². The molecule has 0 N–H and O–H groups in total. The van der Waals surface area contributed by atoms with Crippen LogP contribution in [0.1, 0.15) is 0 Å². The van der Waals surface area contributed by atoms with Crippen LogP contribution in [0.15, 0.2) is 25.7 Å². The maximum absolute atomic E-state index is 11.5. The average Bonchev–Trinajstić information content (AvgIpc) is 2.37. The molecule has 6 nitrogen and oxygen atoms in total. The van der Waals surface area contributed by atoms with Crippen LogP contribution in [0.25, 0.3) is 0 Å². The number of aliphatic imine (C=N–C) groups is 1. The molecule has 0 aromatic heterocycles. The Balaban J connectivity index is 2.75. The van der Waals surface area contributed by atoms with Gasteiger partial charge in [0.05, 0.1) is 0 Å². The molecule has 1 rings (SSSR count). The van der Waals surface area contributed by atoms with Crippen molar-refractivity contribution in [2.24, 2.45) is 25.7 Å². The molecule has 0 saturated carbocycles. The van der Waals surface area contributed by atoms with E-state index in [0.717, 1.165) is 0 Å². The molecule has 0 fully saturated rings. The standard InChI is InChI=1S/C3F3N5O/c4-3(5,6)1(12)7-2-8-10-11-9-2. The van der Waals surface area contributed by atoms with Crippen molar-refractivity contribution in [3.05, 3.63) is 0 Å². The minimum atomic E-state index is -5.01. The summed E-state index contributed by atoms with van der Waals surface area (Å²) in [5.74, 6) is -2.98. The van der Waals surface area contributed by atoms with E-state index in [1.807, 2.05) is 0 Å². The fourth-order valence-electron chi connectivity index (χ4n) is 0.339. The van der Waals surface area contributed by atoms with Gasteiger partial charge in [0.15, 0.2) is 0 Å². The second-order valence-corrected chi connectivity index (χ2v) is 1.59. The molecule has 12 heavy (non-hydrogen) atoms. The molecule has 1 amide bonds. The molecule has 1 aliphatic rings. The molecule has 9 heteroatoms. The lowest BCUT2D eigenvalue weighted by Gasteiger charge is -1.97. The summed E-state index contributed by atoms with van der Waals surface area (Å²) in [7, 11) is 0. The quantitative estimate of drug-likeness (QED) is 0.551. The first kappa shape index (κ1) is 8.43. The van der Waals surface area contributed by atoms with Crippen molar-refractivity contribution in [2.45, 2.75) is 6.18 Å². The summed E-state index contributed by atoms with van der Waals surface area (Å²) in [6, 6.07) is 0. The number of amides is 1. The van der Waals surface area contributed by atoms with Gasteiger partial charge in [0.1, 0.15) is 0 Å². The Bertz CT molecular complexity index is 275. The van der Waals surface area contributed by atoms with Crippen molar-refractivity contribution < 1.29 is 18.0 Å². The zero-order chi connectivity index (χ0) is 9.19. The summed E-state index contributed by atoms with van der Waals surface area (Å²) in [5.41, 5.74) is 0. The van der Waals surface area contributed by atoms with Crippen molar-refractivity contribution >= 4 is 11.9 Å². The van der Waals surface area contributed by atoms with Gasteiger partial charge in [0, 0.05) is 0 Å². The minimum Gasteiger partial charge on any atom is -0.262 e. The number of rotatable bonds is 0. The van der Waals surface area contributed by atoms with Crippen LogP contribution in [-0.2, 0) is 4.79 Å². The number of carbonyl (C=O) groups is 1. The van der Waals surface area contributed by atoms with Crippen molar-refractivity contribution in [1.29, 1.82) is 0 Å². The summed E-state index contributed by atoms with van der Waals surface area (Å²) in [6.07, 6.45) is -5.01. The first-order valence-corrected chi connectivity index (χ1v) is 2.52. The van der Waals surface area contributed by atoms with Crippen molar-refractivity contribution in [2.75, 3.05) is 0 Å². The number of nitrogens with zero attached hydrogens (tertiary/aromatic N) is 5. The first-order chi connectivity index (χ1) is 5.50. The van der Waals surface area contributed by atoms with E-state index in [1.54, 1.807) is 0 Å². The number of hydrogen-bond donors (Lipinski definition) is 0. The second-order valence-electron chi connectivity index (χ2n) is 1.59. The summed E-state index contributed by atoms with van der Waals surface area (Å²) in [5, 5.41) is 11.5. The highest BCUT2D eigenvalue weighted by Gasteiger charge is 2.39. The van der Waals surface area contributed by atoms with Gasteiger partial charge >= 0.3 is 12.1 Å². The highest BCUT2D eigenvalue weighted by Crippen LogP contribution is 2.17. The third-order valence-electron chi connectivity index (χ3n) is 0.752. The highest BCUT2D eigenvalue weighted by molar-refractivity contribution is 5.96. The topological polar surface area (TPSA) is 78.9 Å². The van der Waals surface area contributed by atoms with Crippen LogP contribution in [0, 0.1) is 0 Å². The molecule has 0 spiro atoms. The van der Waals surface area contributed by atoms with E-state index in [1.165, 1.54) is 0 Å². The highest BCUT2D eigenvalue weighted by atomic mass is 19.4. The number of hydrogen-bond acceptors (Lipinski definition) is 3. The van der Waals surface area contributed by atoms with E-state index < -0.39 is 18.0 Å². The van der Waals surface area contributed by atoms with Crippen LogP contribution in [0.4, 0.5) is 13.2 Å². The molecule has 0 aliphatic carbocycles. The van der Waals surface area contributed by atoms with E-state index in [0.29, 0.717) is 0 Å². The number of alkyl halides is 3. The van der Waals surface area contributed by atoms with Crippen LogP contribution in [0.3, 0.4) is 0 Å². The van der Waals surface area contributed by atoms with Gasteiger partial charge in [0.2, 0.25) is 0 Å². The Kier molecular flexibility index (Phi) is 1.93. The predicted octanol–water partition coefficient (Wildman–Crippen LogP) is 1.26. The van der Waals surface area contributed by atoms with Crippen LogP contribution in [0.2, 0.25) is 0 Å². The normalized spacial score (nSPS) is 15.4. The van der Waals surface area contributed by atoms with E-state index in [9.17, 15) is 18.0 Å². The predicted molar refractivity (Wildman–Crippen MR) is 28.2 cm³/mol. The van der Waals surface area contributed by atoms with Gasteiger partial charge in [-0.25, -0.2) is 0 Å². The second kappa shape index (κ2) is 2.75. The molecular weight excluding hydrogens is 179 g/mol. The molecule has 0 atom stereocenters. The first-order valence-electron chi connectivity index (χ1n) is 2.52. The van der Waals surface area contributed by atoms with Crippen LogP contribution in [-0.4, -0.2) is 18.0 Å². The third-order valence-corrected chi connectivity index (χ3v) is 0.752. The SMILES string of the molecule is O=C(N=C1N=NN=N1)C(F)(F)F. The van der Waals surface area contributed by atoms with Gasteiger partial charge < -0.3 is 0 Å². The Morgan fingerprint density at radius 2 is 1.75 bits per heavy atom. The number of guanidine groups is 1. The minimum absolute atomic E-state index is 0.697. The molecule has 0 unspecified atom stereocenters. The van der Waals surface area contributed by atoms with Crippen molar-refractivity contribution in [3.8, 4) is 0 Å². The lowest BCUT2D eigenvalue weighted by atomic mass is 10.6. The monoisotopic (exact) mass is 179 g/mol. The Hall–Kier alpha value is -1.67. The molecular formula is C3F3N5O. The van der Waals surface area contributed by atoms with Gasteiger partial charge in [-0.15, -0.1) is 0 Å². The molecule has 1 aliphatic heterocycles. The largest absolute Gasteiger partial charge is 0.473 e. The summed E-state index contributed by atoms with van der Waals surface area (Å²) >= 11 is 0. The van der Waals surface area contributed by atoms with Crippen molar-refractivity contribution in [1.82, 2.24) is 0 Å². The molecule has 0 bridgehead atoms. The molecule has 0 aromatic carbocycles. The zero-order valence-corrected chi connectivity index (χ0v) is 5.28. The van der Waals surface area contributed by atoms with Crippen LogP contribution >= 0.6 is 0 Å². The van der Waals surface area contributed by atoms with E-state index in [4.69, 9.17) is 0 Å². The third kappa shape index (κ3) is 1.90. The van der Waals surface area contributed by atoms with E-state index in [2.05, 4.69) is 25.7 Å². The zero-order valence-electron chi connectivity index (χ0n) is 5.28. The van der Waals surface area contributed by atoms with Crippen LogP contribution in [0.5, 0.6) is 0 Å². The summed E-state index contributed by atoms with van der Waals surface area (Å²) < 4.78 is 34.5. The van der Waals surface area contributed by atoms with Gasteiger partial charge in [-0.2, -0.15) is 18.2 Å². The molecule has 64 valence electrons. The van der Waals surface area contributed by atoms with Gasteiger partial charge in [-0.3, -0.25) is 4.79 Å². The summed E-state index contributed by atoms with van der Waals surface area (Å²) in [6.45, 7) is 0. The molecule has 0 saturated heterocycles. The Morgan fingerprint density at radius 3 is 2.17 bits per heavy atom. The van der Waals surface area contributed by atoms with Gasteiger partial charge in [0.25, 0.3) is 5.96 Å². The van der Waals surface area contributed by atoms with Gasteiger partial charge in [-0.05, 0) is 10.4 Å². The van der Waals surface area contributed by atoms with E-state index in [-0.39, 0.29) is 0 Å². The number of carbonyl (C=O) groups excluding carboxylic acids is 1. The number of halogens is 3. The maximum atomic E-state index is 11.5. The lowest BCUT2D eigenvalue weighted by molar-refractivity contribution is -0.169. The summed E-state index contributed by atoms with van der Waals surface area (Å²) in [4.78, 5) is 12.6. The lowest BCUT2D eigenvalue weighted by Crippen LogP contribution is -2.21. The smallest absolute Gasteiger partial charge is 0.262 e. The molecule has 1 heterocycles. The Morgan fingerprint density at radius 1 is 1.25 bits per heavy atom. The fourth-order valence-corrected chi connectivity index (χ4v) is 0.339. The molecule has 0 radical (unpaired) electrons. The molecule has 0 aromatic rings. The van der Waals surface area contributed by atoms with E-state index >= 15 is 0 Å². The van der Waals surface area contributed by atoms with Gasteiger partial charge in [-0.1, -0.05) is 10.2 Å². The fraction of sp³-hybridized carbons (Fsp3) is 0.333. The maximum Gasteiger partial charge on any atom is 0.473 e. The van der Waals surface area contributed by atoms with Crippen molar-refractivity contribution in [3.63, 3.8) is 0 Å².